The summed E-state index contributed by atoms with van der Waals surface area (Å²) in [7, 11) is 1.96. The first-order valence-corrected chi connectivity index (χ1v) is 9.83. The van der Waals surface area contributed by atoms with Gasteiger partial charge in [0.1, 0.15) is 5.82 Å². The average molecular weight is 382 g/mol. The van der Waals surface area contributed by atoms with Crippen LogP contribution in [0.1, 0.15) is 24.3 Å². The lowest BCUT2D eigenvalue weighted by Crippen LogP contribution is -2.32. The van der Waals surface area contributed by atoms with Crippen molar-refractivity contribution in [3.8, 4) is 11.3 Å². The minimum absolute atomic E-state index is 0.241. The Labute approximate surface area is 159 Å². The largest absolute Gasteiger partial charge is 0.347 e. The number of halogens is 1. The Balaban J connectivity index is 1.31. The van der Waals surface area contributed by atoms with Crippen molar-refractivity contribution in [2.45, 2.75) is 18.8 Å². The molecule has 8 heteroatoms. The quantitative estimate of drug-likeness (QED) is 0.542. The fraction of sp³-hybridized carbons (Fsp3) is 0.316. The molecule has 4 heterocycles. The van der Waals surface area contributed by atoms with Crippen molar-refractivity contribution < 1.29 is 4.39 Å². The first-order chi connectivity index (χ1) is 13.2. The Hall–Kier alpha value is -2.74. The molecule has 0 atom stereocenters. The van der Waals surface area contributed by atoms with Crippen molar-refractivity contribution in [2.24, 2.45) is 7.05 Å². The molecule has 0 N–H and O–H groups in total. The normalized spacial score (nSPS) is 15.7. The zero-order valence-corrected chi connectivity index (χ0v) is 15.7. The zero-order chi connectivity index (χ0) is 18.4. The number of anilines is 1. The second-order valence-corrected chi connectivity index (χ2v) is 7.89. The number of fused-ring (bicyclic) bond motifs is 1. The van der Waals surface area contributed by atoms with E-state index in [9.17, 15) is 4.39 Å². The Morgan fingerprint density at radius 2 is 1.89 bits per heavy atom. The van der Waals surface area contributed by atoms with Crippen LogP contribution in [0.2, 0.25) is 0 Å². The first kappa shape index (κ1) is 16.4. The van der Waals surface area contributed by atoms with Gasteiger partial charge in [-0.1, -0.05) is 11.3 Å². The standard InChI is InChI=1S/C19H19FN6S/c1-24-11-15(10-21-24)13-6-8-25(9-7-13)19-23-26-12-17(22-18(26)27-19)14-2-4-16(20)5-3-14/h2-5,10-13H,6-9H2,1H3. The van der Waals surface area contributed by atoms with Crippen LogP contribution >= 0.6 is 11.3 Å². The second kappa shape index (κ2) is 6.45. The summed E-state index contributed by atoms with van der Waals surface area (Å²) in [6, 6.07) is 6.39. The number of aromatic nitrogens is 5. The molecule has 0 amide bonds. The van der Waals surface area contributed by atoms with Gasteiger partial charge in [0.25, 0.3) is 0 Å². The molecule has 5 rings (SSSR count). The van der Waals surface area contributed by atoms with Crippen molar-refractivity contribution in [1.82, 2.24) is 24.4 Å². The molecule has 1 fully saturated rings. The van der Waals surface area contributed by atoms with E-state index in [0.717, 1.165) is 47.3 Å². The van der Waals surface area contributed by atoms with Gasteiger partial charge in [0, 0.05) is 31.9 Å². The third kappa shape index (κ3) is 3.10. The van der Waals surface area contributed by atoms with Gasteiger partial charge < -0.3 is 4.90 Å². The lowest BCUT2D eigenvalue weighted by atomic mass is 9.92. The van der Waals surface area contributed by atoms with Gasteiger partial charge in [-0.15, -0.1) is 5.10 Å². The van der Waals surface area contributed by atoms with Gasteiger partial charge in [0.2, 0.25) is 10.1 Å². The van der Waals surface area contributed by atoms with Gasteiger partial charge in [0.15, 0.2) is 0 Å². The van der Waals surface area contributed by atoms with E-state index in [-0.39, 0.29) is 5.82 Å². The number of hydrogen-bond donors (Lipinski definition) is 0. The van der Waals surface area contributed by atoms with E-state index in [2.05, 4.69) is 21.2 Å². The molecule has 0 bridgehead atoms. The fourth-order valence-electron chi connectivity index (χ4n) is 3.63. The van der Waals surface area contributed by atoms with E-state index in [0.29, 0.717) is 5.92 Å². The molecule has 4 aromatic rings. The van der Waals surface area contributed by atoms with Gasteiger partial charge in [-0.2, -0.15) is 5.10 Å². The molecule has 0 spiro atoms. The summed E-state index contributed by atoms with van der Waals surface area (Å²) in [6.45, 7) is 1.97. The average Bonchev–Trinajstić information content (AvgIpc) is 3.37. The summed E-state index contributed by atoms with van der Waals surface area (Å²) < 4.78 is 16.8. The molecule has 1 aliphatic rings. The smallest absolute Gasteiger partial charge is 0.214 e. The maximum absolute atomic E-state index is 13.1. The molecule has 1 aliphatic heterocycles. The predicted molar refractivity (Wildman–Crippen MR) is 104 cm³/mol. The number of nitrogens with zero attached hydrogens (tertiary/aromatic N) is 6. The van der Waals surface area contributed by atoms with Crippen molar-refractivity contribution >= 4 is 21.4 Å². The highest BCUT2D eigenvalue weighted by Crippen LogP contribution is 2.33. The Morgan fingerprint density at radius 1 is 1.11 bits per heavy atom. The zero-order valence-electron chi connectivity index (χ0n) is 14.9. The molecular formula is C19H19FN6S. The summed E-state index contributed by atoms with van der Waals surface area (Å²) in [6.07, 6.45) is 8.22. The molecule has 0 aliphatic carbocycles. The molecule has 0 saturated carbocycles. The summed E-state index contributed by atoms with van der Waals surface area (Å²) in [5, 5.41) is 10.0. The number of aryl methyl sites for hydroxylation is 1. The lowest BCUT2D eigenvalue weighted by molar-refractivity contribution is 0.503. The summed E-state index contributed by atoms with van der Waals surface area (Å²) in [4.78, 5) is 7.85. The van der Waals surface area contributed by atoms with E-state index in [1.54, 1.807) is 23.5 Å². The van der Waals surface area contributed by atoms with Crippen molar-refractivity contribution in [1.29, 1.82) is 0 Å². The first-order valence-electron chi connectivity index (χ1n) is 9.01. The molecule has 6 nitrogen and oxygen atoms in total. The van der Waals surface area contributed by atoms with Gasteiger partial charge in [-0.25, -0.2) is 13.9 Å². The molecule has 27 heavy (non-hydrogen) atoms. The SMILES string of the molecule is Cn1cc(C2CCN(c3nn4cc(-c5ccc(F)cc5)nc4s3)CC2)cn1. The molecular weight excluding hydrogens is 363 g/mol. The van der Waals surface area contributed by atoms with E-state index in [4.69, 9.17) is 5.10 Å². The molecule has 138 valence electrons. The van der Waals surface area contributed by atoms with Gasteiger partial charge in [0.05, 0.1) is 18.1 Å². The van der Waals surface area contributed by atoms with Gasteiger partial charge in [-0.05, 0) is 48.6 Å². The second-order valence-electron chi connectivity index (χ2n) is 6.95. The summed E-state index contributed by atoms with van der Waals surface area (Å²) in [5.41, 5.74) is 3.04. The highest BCUT2D eigenvalue weighted by molar-refractivity contribution is 7.20. The summed E-state index contributed by atoms with van der Waals surface area (Å²) in [5.74, 6) is 0.332. The van der Waals surface area contributed by atoms with Crippen LogP contribution in [0.3, 0.4) is 0 Å². The molecule has 1 saturated heterocycles. The van der Waals surface area contributed by atoms with Crippen LogP contribution in [0, 0.1) is 5.82 Å². The van der Waals surface area contributed by atoms with E-state index in [1.807, 2.05) is 28.6 Å². The number of benzene rings is 1. The monoisotopic (exact) mass is 382 g/mol. The Kier molecular flexibility index (Phi) is 3.93. The minimum Gasteiger partial charge on any atom is -0.347 e. The van der Waals surface area contributed by atoms with Crippen LogP contribution in [-0.2, 0) is 7.05 Å². The third-order valence-corrected chi connectivity index (χ3v) is 6.12. The van der Waals surface area contributed by atoms with Crippen LogP contribution in [0.25, 0.3) is 16.2 Å². The fourth-order valence-corrected chi connectivity index (χ4v) is 4.57. The van der Waals surface area contributed by atoms with Crippen LogP contribution in [0.5, 0.6) is 0 Å². The molecule has 1 aromatic carbocycles. The topological polar surface area (TPSA) is 51.2 Å². The predicted octanol–water partition coefficient (Wildman–Crippen LogP) is 3.71. The van der Waals surface area contributed by atoms with E-state index >= 15 is 0 Å². The van der Waals surface area contributed by atoms with Crippen molar-refractivity contribution in [2.75, 3.05) is 18.0 Å². The molecule has 0 radical (unpaired) electrons. The highest BCUT2D eigenvalue weighted by atomic mass is 32.1. The summed E-state index contributed by atoms with van der Waals surface area (Å²) >= 11 is 1.60. The third-order valence-electron chi connectivity index (χ3n) is 5.13. The van der Waals surface area contributed by atoms with E-state index in [1.165, 1.54) is 17.7 Å². The van der Waals surface area contributed by atoms with Crippen LogP contribution in [0.15, 0.2) is 42.9 Å². The van der Waals surface area contributed by atoms with Crippen molar-refractivity contribution in [3.63, 3.8) is 0 Å². The maximum atomic E-state index is 13.1. The number of rotatable bonds is 3. The van der Waals surface area contributed by atoms with Crippen molar-refractivity contribution in [3.05, 3.63) is 54.2 Å². The van der Waals surface area contributed by atoms with Crippen LogP contribution in [-0.4, -0.2) is 37.5 Å². The van der Waals surface area contributed by atoms with Gasteiger partial charge >= 0.3 is 0 Å². The number of imidazole rings is 1. The number of piperidine rings is 1. The van der Waals surface area contributed by atoms with Crippen LogP contribution in [0.4, 0.5) is 9.52 Å². The number of hydrogen-bond acceptors (Lipinski definition) is 5. The van der Waals surface area contributed by atoms with Gasteiger partial charge in [-0.3, -0.25) is 4.68 Å². The lowest BCUT2D eigenvalue weighted by Gasteiger charge is -2.30. The van der Waals surface area contributed by atoms with E-state index < -0.39 is 0 Å². The minimum atomic E-state index is -0.241. The maximum Gasteiger partial charge on any atom is 0.214 e. The highest BCUT2D eigenvalue weighted by Gasteiger charge is 2.24. The molecule has 0 unspecified atom stereocenters. The molecule has 3 aromatic heterocycles. The Bertz CT molecular complexity index is 1040. The van der Waals surface area contributed by atoms with Crippen LogP contribution < -0.4 is 4.90 Å². The Morgan fingerprint density at radius 3 is 2.56 bits per heavy atom.